The summed E-state index contributed by atoms with van der Waals surface area (Å²) >= 11 is 0.965. The van der Waals surface area contributed by atoms with Crippen LogP contribution in [-0.4, -0.2) is 11.1 Å². The summed E-state index contributed by atoms with van der Waals surface area (Å²) < 4.78 is 51.2. The highest BCUT2D eigenvalue weighted by Gasteiger charge is 2.31. The van der Waals surface area contributed by atoms with Crippen LogP contribution in [0.5, 0.6) is 0 Å². The van der Waals surface area contributed by atoms with Crippen LogP contribution in [0.1, 0.15) is 11.1 Å². The quantitative estimate of drug-likeness (QED) is 0.831. The van der Waals surface area contributed by atoms with Gasteiger partial charge in [0.15, 0.2) is 0 Å². The maximum absolute atomic E-state index is 12.9. The van der Waals surface area contributed by atoms with Crippen LogP contribution in [0, 0.1) is 5.82 Å². The molecular formula is C15H10F4O2S. The lowest BCUT2D eigenvalue weighted by atomic mass is 10.1. The van der Waals surface area contributed by atoms with E-state index in [4.69, 9.17) is 5.11 Å². The second-order valence-electron chi connectivity index (χ2n) is 4.45. The summed E-state index contributed by atoms with van der Waals surface area (Å²) in [5, 5.41) is 8.84. The van der Waals surface area contributed by atoms with Crippen LogP contribution >= 0.6 is 11.8 Å². The fourth-order valence-electron chi connectivity index (χ4n) is 1.76. The molecular weight excluding hydrogens is 320 g/mol. The Bertz CT molecular complexity index is 681. The van der Waals surface area contributed by atoms with Crippen molar-refractivity contribution in [1.82, 2.24) is 0 Å². The first-order valence-electron chi connectivity index (χ1n) is 6.11. The highest BCUT2D eigenvalue weighted by Crippen LogP contribution is 2.36. The molecule has 0 radical (unpaired) electrons. The SMILES string of the molecule is O=C(O)Cc1ccc(C(F)(F)F)cc1Sc1ccc(F)cc1. The number of benzene rings is 2. The number of carboxylic acids is 1. The number of carboxylic acid groups (broad SMARTS) is 1. The molecule has 116 valence electrons. The Morgan fingerprint density at radius 1 is 1.09 bits per heavy atom. The van der Waals surface area contributed by atoms with Crippen molar-refractivity contribution in [3.05, 3.63) is 59.4 Å². The third kappa shape index (κ3) is 4.24. The molecule has 0 amide bonds. The molecule has 0 bridgehead atoms. The van der Waals surface area contributed by atoms with E-state index in [9.17, 15) is 22.4 Å². The number of rotatable bonds is 4. The van der Waals surface area contributed by atoms with Gasteiger partial charge >= 0.3 is 12.1 Å². The van der Waals surface area contributed by atoms with Gasteiger partial charge in [-0.2, -0.15) is 13.2 Å². The summed E-state index contributed by atoms with van der Waals surface area (Å²) in [4.78, 5) is 11.5. The molecule has 0 saturated carbocycles. The van der Waals surface area contributed by atoms with Gasteiger partial charge in [-0.05, 0) is 42.0 Å². The third-order valence-corrected chi connectivity index (χ3v) is 3.89. The van der Waals surface area contributed by atoms with E-state index in [2.05, 4.69) is 0 Å². The van der Waals surface area contributed by atoms with Gasteiger partial charge in [0.1, 0.15) is 5.82 Å². The van der Waals surface area contributed by atoms with Crippen molar-refractivity contribution < 1.29 is 27.5 Å². The van der Waals surface area contributed by atoms with E-state index in [1.54, 1.807) is 0 Å². The lowest BCUT2D eigenvalue weighted by molar-refractivity contribution is -0.137. The van der Waals surface area contributed by atoms with Gasteiger partial charge in [-0.25, -0.2) is 4.39 Å². The highest BCUT2D eigenvalue weighted by atomic mass is 32.2. The van der Waals surface area contributed by atoms with Crippen LogP contribution in [0.2, 0.25) is 0 Å². The predicted octanol–water partition coefficient (Wildman–Crippen LogP) is 4.62. The zero-order chi connectivity index (χ0) is 16.3. The third-order valence-electron chi connectivity index (χ3n) is 2.78. The summed E-state index contributed by atoms with van der Waals surface area (Å²) in [6.07, 6.45) is -4.90. The van der Waals surface area contributed by atoms with Crippen molar-refractivity contribution in [2.24, 2.45) is 0 Å². The van der Waals surface area contributed by atoms with E-state index in [-0.39, 0.29) is 16.9 Å². The van der Waals surface area contributed by atoms with Crippen molar-refractivity contribution in [2.75, 3.05) is 0 Å². The van der Waals surface area contributed by atoms with Gasteiger partial charge in [0.05, 0.1) is 12.0 Å². The molecule has 0 aromatic heterocycles. The largest absolute Gasteiger partial charge is 0.481 e. The Hall–Kier alpha value is -2.02. The van der Waals surface area contributed by atoms with Gasteiger partial charge in [-0.15, -0.1) is 0 Å². The van der Waals surface area contributed by atoms with E-state index in [1.807, 2.05) is 0 Å². The number of halogens is 4. The summed E-state index contributed by atoms with van der Waals surface area (Å²) in [6.45, 7) is 0. The van der Waals surface area contributed by atoms with E-state index < -0.39 is 23.5 Å². The maximum atomic E-state index is 12.9. The number of aliphatic carboxylic acids is 1. The first kappa shape index (κ1) is 16.4. The fraction of sp³-hybridized carbons (Fsp3) is 0.133. The maximum Gasteiger partial charge on any atom is 0.416 e. The van der Waals surface area contributed by atoms with Gasteiger partial charge in [0, 0.05) is 9.79 Å². The van der Waals surface area contributed by atoms with Crippen LogP contribution in [0.3, 0.4) is 0 Å². The van der Waals surface area contributed by atoms with Gasteiger partial charge < -0.3 is 5.11 Å². The van der Waals surface area contributed by atoms with Crippen molar-refractivity contribution in [3.8, 4) is 0 Å². The molecule has 2 aromatic carbocycles. The normalized spacial score (nSPS) is 11.5. The molecule has 0 aliphatic rings. The van der Waals surface area contributed by atoms with E-state index >= 15 is 0 Å². The van der Waals surface area contributed by atoms with Crippen molar-refractivity contribution >= 4 is 17.7 Å². The number of alkyl halides is 3. The monoisotopic (exact) mass is 330 g/mol. The molecule has 2 nitrogen and oxygen atoms in total. The van der Waals surface area contributed by atoms with Crippen LogP contribution in [0.4, 0.5) is 17.6 Å². The lowest BCUT2D eigenvalue weighted by Gasteiger charge is -2.12. The molecule has 22 heavy (non-hydrogen) atoms. The summed E-state index contributed by atoms with van der Waals surface area (Å²) in [5.41, 5.74) is -0.582. The minimum absolute atomic E-state index is 0.184. The van der Waals surface area contributed by atoms with Gasteiger partial charge in [0.25, 0.3) is 0 Å². The van der Waals surface area contributed by atoms with Gasteiger partial charge in [-0.1, -0.05) is 17.8 Å². The predicted molar refractivity (Wildman–Crippen MR) is 73.3 cm³/mol. The smallest absolute Gasteiger partial charge is 0.416 e. The topological polar surface area (TPSA) is 37.3 Å². The second kappa shape index (κ2) is 6.39. The fourth-order valence-corrected chi connectivity index (χ4v) is 2.75. The Morgan fingerprint density at radius 3 is 2.27 bits per heavy atom. The van der Waals surface area contributed by atoms with Crippen molar-refractivity contribution in [1.29, 1.82) is 0 Å². The second-order valence-corrected chi connectivity index (χ2v) is 5.56. The summed E-state index contributed by atoms with van der Waals surface area (Å²) in [5.74, 6) is -1.60. The van der Waals surface area contributed by atoms with E-state index in [0.29, 0.717) is 4.90 Å². The van der Waals surface area contributed by atoms with Crippen molar-refractivity contribution in [2.45, 2.75) is 22.4 Å². The molecule has 2 rings (SSSR count). The Labute approximate surface area is 127 Å². The van der Waals surface area contributed by atoms with E-state index in [0.717, 1.165) is 30.0 Å². The molecule has 0 heterocycles. The van der Waals surface area contributed by atoms with Crippen LogP contribution in [-0.2, 0) is 17.4 Å². The lowest BCUT2D eigenvalue weighted by Crippen LogP contribution is -2.07. The number of hydrogen-bond acceptors (Lipinski definition) is 2. The molecule has 1 N–H and O–H groups in total. The minimum atomic E-state index is -4.51. The van der Waals surface area contributed by atoms with Gasteiger partial charge in [-0.3, -0.25) is 4.79 Å². The first-order chi connectivity index (χ1) is 10.3. The molecule has 0 spiro atoms. The van der Waals surface area contributed by atoms with Crippen molar-refractivity contribution in [3.63, 3.8) is 0 Å². The van der Waals surface area contributed by atoms with Crippen LogP contribution in [0.25, 0.3) is 0 Å². The molecule has 0 aliphatic heterocycles. The molecule has 0 fully saturated rings. The van der Waals surface area contributed by atoms with E-state index in [1.165, 1.54) is 24.3 Å². The zero-order valence-electron chi connectivity index (χ0n) is 11.0. The minimum Gasteiger partial charge on any atom is -0.481 e. The Morgan fingerprint density at radius 2 is 1.73 bits per heavy atom. The molecule has 0 aliphatic carbocycles. The first-order valence-corrected chi connectivity index (χ1v) is 6.92. The molecule has 0 unspecified atom stereocenters. The number of hydrogen-bond donors (Lipinski definition) is 1. The average Bonchev–Trinajstić information content (AvgIpc) is 2.41. The molecule has 7 heteroatoms. The van der Waals surface area contributed by atoms with Gasteiger partial charge in [0.2, 0.25) is 0 Å². The Balaban J connectivity index is 2.40. The summed E-state index contributed by atoms with van der Waals surface area (Å²) in [6, 6.07) is 8.14. The standard InChI is InChI=1S/C15H10F4O2S/c16-11-3-5-12(6-4-11)22-13-8-10(15(17,18)19)2-1-9(13)7-14(20)21/h1-6,8H,7H2,(H,20,21). The number of carbonyl (C=O) groups is 1. The highest BCUT2D eigenvalue weighted by molar-refractivity contribution is 7.99. The average molecular weight is 330 g/mol. The van der Waals surface area contributed by atoms with Crippen LogP contribution < -0.4 is 0 Å². The Kier molecular flexibility index (Phi) is 4.75. The molecule has 2 aromatic rings. The molecule has 0 atom stereocenters. The van der Waals surface area contributed by atoms with Crippen LogP contribution in [0.15, 0.2) is 52.3 Å². The summed E-state index contributed by atoms with van der Waals surface area (Å²) in [7, 11) is 0. The molecule has 0 saturated heterocycles. The zero-order valence-corrected chi connectivity index (χ0v) is 11.8.